The molecule has 0 saturated carbocycles. The number of anilines is 1. The maximum Gasteiger partial charge on any atom is 0.255 e. The number of benzene rings is 2. The lowest BCUT2D eigenvalue weighted by Gasteiger charge is -2.09. The highest BCUT2D eigenvalue weighted by molar-refractivity contribution is 14.1. The molecule has 0 unspecified atom stereocenters. The minimum Gasteiger partial charge on any atom is -0.489 e. The Hall–Kier alpha value is -1.82. The van der Waals surface area contributed by atoms with Gasteiger partial charge in [-0.15, -0.1) is 0 Å². The van der Waals surface area contributed by atoms with Crippen molar-refractivity contribution in [3.05, 3.63) is 69.3 Å². The van der Waals surface area contributed by atoms with E-state index in [1.54, 1.807) is 0 Å². The van der Waals surface area contributed by atoms with Crippen LogP contribution in [0.25, 0.3) is 0 Å². The number of hydrogen-bond acceptors (Lipinski definition) is 2. The van der Waals surface area contributed by atoms with Gasteiger partial charge in [-0.3, -0.25) is 4.79 Å². The lowest BCUT2D eigenvalue weighted by Crippen LogP contribution is -2.12. The molecule has 0 aliphatic carbocycles. The molecule has 0 radical (unpaired) electrons. The number of halogens is 1. The largest absolute Gasteiger partial charge is 0.489 e. The number of amides is 1. The predicted octanol–water partition coefficient (Wildman–Crippen LogP) is 4.81. The highest BCUT2D eigenvalue weighted by Crippen LogP contribution is 2.18. The van der Waals surface area contributed by atoms with Gasteiger partial charge in [0.1, 0.15) is 12.4 Å². The molecule has 1 N–H and O–H groups in total. The minimum absolute atomic E-state index is 0.117. The average Bonchev–Trinajstić information content (AvgIpc) is 2.49. The average molecular weight is 407 g/mol. The van der Waals surface area contributed by atoms with Gasteiger partial charge >= 0.3 is 0 Å². The van der Waals surface area contributed by atoms with Crippen LogP contribution in [0.15, 0.2) is 54.6 Å². The van der Waals surface area contributed by atoms with Crippen molar-refractivity contribution in [1.29, 1.82) is 0 Å². The van der Waals surface area contributed by atoms with E-state index in [0.29, 0.717) is 12.2 Å². The predicted molar refractivity (Wildman–Crippen MR) is 98.6 cm³/mol. The molecule has 2 aromatic rings. The molecular formula is C18H18INO2. The first kappa shape index (κ1) is 16.5. The number of hydrogen-bond donors (Lipinski definition) is 1. The summed E-state index contributed by atoms with van der Waals surface area (Å²) in [7, 11) is 0. The molecule has 1 amide bonds. The number of carbonyl (C=O) groups is 1. The van der Waals surface area contributed by atoms with Crippen LogP contribution in [-0.4, -0.2) is 12.5 Å². The van der Waals surface area contributed by atoms with E-state index in [1.165, 1.54) is 0 Å². The third-order valence-electron chi connectivity index (χ3n) is 3.03. The van der Waals surface area contributed by atoms with Gasteiger partial charge in [-0.2, -0.15) is 0 Å². The molecule has 3 nitrogen and oxygen atoms in total. The zero-order chi connectivity index (χ0) is 16.1. The second-order valence-corrected chi connectivity index (χ2v) is 6.35. The van der Waals surface area contributed by atoms with Gasteiger partial charge in [-0.1, -0.05) is 12.6 Å². The summed E-state index contributed by atoms with van der Waals surface area (Å²) in [6, 6.07) is 13.0. The van der Waals surface area contributed by atoms with Crippen molar-refractivity contribution in [2.75, 3.05) is 11.9 Å². The third kappa shape index (κ3) is 4.59. The second kappa shape index (κ2) is 7.45. The van der Waals surface area contributed by atoms with Crippen LogP contribution in [0.4, 0.5) is 5.69 Å². The monoisotopic (exact) mass is 407 g/mol. The normalized spacial score (nSPS) is 10.1. The highest BCUT2D eigenvalue weighted by atomic mass is 127. The van der Waals surface area contributed by atoms with E-state index < -0.39 is 0 Å². The lowest BCUT2D eigenvalue weighted by atomic mass is 10.1. The summed E-state index contributed by atoms with van der Waals surface area (Å²) in [5.41, 5.74) is 3.52. The molecule has 2 rings (SSSR count). The molecule has 4 heteroatoms. The second-order valence-electron chi connectivity index (χ2n) is 5.19. The molecule has 0 fully saturated rings. The molecule has 0 saturated heterocycles. The quantitative estimate of drug-likeness (QED) is 0.571. The number of rotatable bonds is 5. The summed E-state index contributed by atoms with van der Waals surface area (Å²) < 4.78 is 6.61. The summed E-state index contributed by atoms with van der Waals surface area (Å²) in [6.45, 7) is 8.22. The van der Waals surface area contributed by atoms with Gasteiger partial charge < -0.3 is 10.1 Å². The van der Waals surface area contributed by atoms with E-state index >= 15 is 0 Å². The maximum absolute atomic E-state index is 12.2. The minimum atomic E-state index is -0.117. The van der Waals surface area contributed by atoms with Crippen LogP contribution in [-0.2, 0) is 0 Å². The summed E-state index contributed by atoms with van der Waals surface area (Å²) in [5, 5.41) is 2.88. The lowest BCUT2D eigenvalue weighted by molar-refractivity contribution is 0.102. The zero-order valence-corrected chi connectivity index (χ0v) is 14.8. The van der Waals surface area contributed by atoms with E-state index in [1.807, 2.05) is 56.3 Å². The van der Waals surface area contributed by atoms with Gasteiger partial charge in [0.25, 0.3) is 5.91 Å². The fraction of sp³-hybridized carbons (Fsp3) is 0.167. The summed E-state index contributed by atoms with van der Waals surface area (Å²) in [4.78, 5) is 12.2. The molecule has 0 atom stereocenters. The first-order valence-corrected chi connectivity index (χ1v) is 7.98. The van der Waals surface area contributed by atoms with E-state index in [-0.39, 0.29) is 5.91 Å². The van der Waals surface area contributed by atoms with Crippen molar-refractivity contribution in [1.82, 2.24) is 0 Å². The molecule has 0 heterocycles. The molecular weight excluding hydrogens is 389 g/mol. The van der Waals surface area contributed by atoms with Crippen LogP contribution >= 0.6 is 22.6 Å². The number of nitrogens with one attached hydrogen (secondary N) is 1. The van der Waals surface area contributed by atoms with E-state index in [0.717, 1.165) is 26.1 Å². The van der Waals surface area contributed by atoms with Crippen LogP contribution in [0.1, 0.15) is 22.8 Å². The van der Waals surface area contributed by atoms with Crippen molar-refractivity contribution in [3.63, 3.8) is 0 Å². The number of ether oxygens (including phenoxy) is 1. The molecule has 2 aromatic carbocycles. The fourth-order valence-corrected chi connectivity index (χ4v) is 2.29. The molecule has 22 heavy (non-hydrogen) atoms. The summed E-state index contributed by atoms with van der Waals surface area (Å²) >= 11 is 2.23. The van der Waals surface area contributed by atoms with E-state index in [2.05, 4.69) is 34.5 Å². The van der Waals surface area contributed by atoms with Gasteiger partial charge in [0, 0.05) is 14.8 Å². The van der Waals surface area contributed by atoms with Gasteiger partial charge in [-0.25, -0.2) is 0 Å². The van der Waals surface area contributed by atoms with E-state index in [9.17, 15) is 4.79 Å². The molecule has 0 spiro atoms. The summed E-state index contributed by atoms with van der Waals surface area (Å²) in [5.74, 6) is 0.638. The summed E-state index contributed by atoms with van der Waals surface area (Å²) in [6.07, 6.45) is 0. The Balaban J connectivity index is 2.02. The van der Waals surface area contributed by atoms with Crippen molar-refractivity contribution in [2.24, 2.45) is 0 Å². The van der Waals surface area contributed by atoms with Crippen molar-refractivity contribution in [3.8, 4) is 5.75 Å². The Kier molecular flexibility index (Phi) is 5.60. The molecule has 0 aliphatic rings. The van der Waals surface area contributed by atoms with Crippen LogP contribution in [0, 0.1) is 10.5 Å². The van der Waals surface area contributed by atoms with Crippen molar-refractivity contribution >= 4 is 34.2 Å². The van der Waals surface area contributed by atoms with Gasteiger partial charge in [0.15, 0.2) is 0 Å². The van der Waals surface area contributed by atoms with Crippen molar-refractivity contribution < 1.29 is 9.53 Å². The first-order chi connectivity index (χ1) is 10.5. The Bertz CT molecular complexity index is 693. The number of aryl methyl sites for hydroxylation is 1. The van der Waals surface area contributed by atoms with Gasteiger partial charge in [-0.05, 0) is 84.0 Å². The fourth-order valence-electron chi connectivity index (χ4n) is 1.78. The Morgan fingerprint density at radius 3 is 2.50 bits per heavy atom. The Morgan fingerprint density at radius 2 is 1.91 bits per heavy atom. The highest BCUT2D eigenvalue weighted by Gasteiger charge is 2.07. The van der Waals surface area contributed by atoms with Gasteiger partial charge in [0.05, 0.1) is 0 Å². The number of carbonyl (C=O) groups excluding carboxylic acids is 1. The molecule has 114 valence electrons. The zero-order valence-electron chi connectivity index (χ0n) is 12.7. The smallest absolute Gasteiger partial charge is 0.255 e. The topological polar surface area (TPSA) is 38.3 Å². The van der Waals surface area contributed by atoms with Gasteiger partial charge in [0.2, 0.25) is 0 Å². The Labute approximate surface area is 144 Å². The third-order valence-corrected chi connectivity index (χ3v) is 4.19. The van der Waals surface area contributed by atoms with Crippen LogP contribution in [0.3, 0.4) is 0 Å². The SMILES string of the molecule is C=C(C)COc1ccc(NC(=O)c2ccc(C)c(I)c2)cc1. The molecule has 0 bridgehead atoms. The van der Waals surface area contributed by atoms with Crippen LogP contribution < -0.4 is 10.1 Å². The Morgan fingerprint density at radius 1 is 1.23 bits per heavy atom. The van der Waals surface area contributed by atoms with Crippen LogP contribution in [0.5, 0.6) is 5.75 Å². The molecule has 0 aromatic heterocycles. The van der Waals surface area contributed by atoms with Crippen LogP contribution in [0.2, 0.25) is 0 Å². The first-order valence-electron chi connectivity index (χ1n) is 6.90. The molecule has 0 aliphatic heterocycles. The standard InChI is InChI=1S/C18H18INO2/c1-12(2)11-22-16-8-6-15(7-9-16)20-18(21)14-5-4-13(3)17(19)10-14/h4-10H,1,11H2,2-3H3,(H,20,21). The van der Waals surface area contributed by atoms with E-state index in [4.69, 9.17) is 4.74 Å². The van der Waals surface area contributed by atoms with Crippen molar-refractivity contribution in [2.45, 2.75) is 13.8 Å². The maximum atomic E-state index is 12.2.